The Morgan fingerprint density at radius 1 is 1.24 bits per heavy atom. The maximum absolute atomic E-state index is 12.2. The van der Waals surface area contributed by atoms with Crippen LogP contribution in [0.5, 0.6) is 0 Å². The Kier molecular flexibility index (Phi) is 13.9. The number of allylic oxidation sites excluding steroid dienone is 3. The topological polar surface area (TPSA) is 130 Å². The van der Waals surface area contributed by atoms with Crippen LogP contribution in [0.15, 0.2) is 40.1 Å². The number of nitrogens with one attached hydrogen (secondary N) is 3. The molecule has 45 heavy (non-hydrogen) atoms. The van der Waals surface area contributed by atoms with E-state index >= 15 is 0 Å². The number of ether oxygens (including phenoxy) is 3. The van der Waals surface area contributed by atoms with Gasteiger partial charge in [0.1, 0.15) is 17.2 Å². The number of pyridine rings is 1. The molecule has 1 saturated carbocycles. The van der Waals surface area contributed by atoms with Gasteiger partial charge in [-0.15, -0.1) is 0 Å². The summed E-state index contributed by atoms with van der Waals surface area (Å²) in [7, 11) is 0. The minimum absolute atomic E-state index is 0.106. The van der Waals surface area contributed by atoms with Gasteiger partial charge in [-0.3, -0.25) is 0 Å². The zero-order valence-electron chi connectivity index (χ0n) is 27.7. The summed E-state index contributed by atoms with van der Waals surface area (Å²) in [5.74, 6) is 0.982. The predicted octanol–water partition coefficient (Wildman–Crippen LogP) is 5.95. The number of esters is 1. The lowest BCUT2D eigenvalue weighted by molar-refractivity contribution is -0.167. The highest BCUT2D eigenvalue weighted by Crippen LogP contribution is 2.30. The summed E-state index contributed by atoms with van der Waals surface area (Å²) in [4.78, 5) is 21.2. The lowest BCUT2D eigenvalue weighted by Gasteiger charge is -2.32. The van der Waals surface area contributed by atoms with Gasteiger partial charge in [-0.1, -0.05) is 17.7 Å². The highest BCUT2D eigenvalue weighted by atomic mass is 35.5. The summed E-state index contributed by atoms with van der Waals surface area (Å²) >= 11 is 6.56. The predicted molar refractivity (Wildman–Crippen MR) is 180 cm³/mol. The zero-order valence-corrected chi connectivity index (χ0v) is 28.5. The third kappa shape index (κ3) is 12.0. The molecule has 0 spiro atoms. The molecule has 1 aliphatic carbocycles. The second kappa shape index (κ2) is 17.1. The van der Waals surface area contributed by atoms with E-state index < -0.39 is 17.1 Å². The van der Waals surface area contributed by atoms with E-state index in [4.69, 9.17) is 30.8 Å². The van der Waals surface area contributed by atoms with Crippen LogP contribution in [0.1, 0.15) is 85.8 Å². The van der Waals surface area contributed by atoms with Crippen molar-refractivity contribution in [1.82, 2.24) is 15.6 Å². The second-order valence-corrected chi connectivity index (χ2v) is 13.7. The zero-order chi connectivity index (χ0) is 33.0. The Morgan fingerprint density at radius 2 is 1.91 bits per heavy atom. The average molecular weight is 643 g/mol. The monoisotopic (exact) mass is 642 g/mol. The molecule has 3 N–H and O–H groups in total. The highest BCUT2D eigenvalue weighted by molar-refractivity contribution is 6.32. The van der Waals surface area contributed by atoms with Crippen LogP contribution in [0.2, 0.25) is 0 Å². The Hall–Kier alpha value is -2.97. The summed E-state index contributed by atoms with van der Waals surface area (Å²) in [6, 6.07) is 8.93. The van der Waals surface area contributed by atoms with Gasteiger partial charge in [0, 0.05) is 48.5 Å². The number of carbonyl (C=O) groups is 1. The van der Waals surface area contributed by atoms with Gasteiger partial charge in [0.15, 0.2) is 6.10 Å². The number of hydrogen-bond donors (Lipinski definition) is 3. The third-order valence-electron chi connectivity index (χ3n) is 8.08. The number of halogens is 1. The largest absolute Gasteiger partial charge is 0.458 e. The molecule has 0 aromatic carbocycles. The molecular weight excluding hydrogens is 592 g/mol. The number of rotatable bonds is 14. The maximum atomic E-state index is 12.2. The van der Waals surface area contributed by atoms with Crippen LogP contribution in [-0.4, -0.2) is 73.9 Å². The number of carbonyl (C=O) groups excluding carboxylic acids is 1. The molecular formula is C34H51ClN6O4. The standard InChI is InChI=1S/C34H51ClN6O4/c1-23(20-44-25(3)32(42)45-33(4,5)6)39-26-11-13-27(14-12-26)40-31(37-7)19-28(24(2)35)29-9-8-10-30(41-29)38-22-34(21-36)15-17-43-18-16-34/h8-10,19,23,25-27,39-40H,7,11-18,20,22H2,1-6H3,(H,38,41)/b28-24-,31-19+/t23-,25-,26-,27-/m0/s1. The van der Waals surface area contributed by atoms with Crippen molar-refractivity contribution in [3.63, 3.8) is 0 Å². The van der Waals surface area contributed by atoms with Crippen molar-refractivity contribution in [1.29, 1.82) is 5.26 Å². The molecule has 1 aliphatic heterocycles. The van der Waals surface area contributed by atoms with E-state index in [2.05, 4.69) is 40.7 Å². The molecule has 0 radical (unpaired) electrons. The van der Waals surface area contributed by atoms with Gasteiger partial charge in [-0.05, 0) is 105 Å². The first-order valence-corrected chi connectivity index (χ1v) is 16.3. The van der Waals surface area contributed by atoms with Crippen LogP contribution < -0.4 is 16.0 Å². The van der Waals surface area contributed by atoms with Gasteiger partial charge in [-0.25, -0.2) is 14.8 Å². The summed E-state index contributed by atoms with van der Waals surface area (Å²) in [6.45, 7) is 17.1. The second-order valence-electron chi connectivity index (χ2n) is 13.2. The molecule has 11 heteroatoms. The van der Waals surface area contributed by atoms with Crippen molar-refractivity contribution >= 4 is 35.7 Å². The minimum Gasteiger partial charge on any atom is -0.458 e. The van der Waals surface area contributed by atoms with Crippen molar-refractivity contribution in [2.75, 3.05) is 31.7 Å². The molecule has 248 valence electrons. The summed E-state index contributed by atoms with van der Waals surface area (Å²) in [5, 5.41) is 20.9. The molecule has 10 nitrogen and oxygen atoms in total. The molecule has 0 amide bonds. The molecule has 3 rings (SSSR count). The van der Waals surface area contributed by atoms with Crippen molar-refractivity contribution in [3.05, 3.63) is 40.8 Å². The molecule has 0 unspecified atom stereocenters. The Balaban J connectivity index is 1.52. The van der Waals surface area contributed by atoms with Gasteiger partial charge in [-0.2, -0.15) is 5.26 Å². The molecule has 2 aliphatic rings. The number of nitrogens with zero attached hydrogens (tertiary/aromatic N) is 3. The molecule has 2 atom stereocenters. The summed E-state index contributed by atoms with van der Waals surface area (Å²) in [6.07, 6.45) is 6.61. The fraction of sp³-hybridized carbons (Fsp3) is 0.647. The number of aromatic nitrogens is 1. The van der Waals surface area contributed by atoms with Gasteiger partial charge < -0.3 is 30.2 Å². The van der Waals surface area contributed by atoms with Crippen molar-refractivity contribution in [2.24, 2.45) is 10.4 Å². The third-order valence-corrected chi connectivity index (χ3v) is 8.28. The molecule has 2 fully saturated rings. The molecule has 1 aromatic rings. The van der Waals surface area contributed by atoms with E-state index in [0.29, 0.717) is 67.6 Å². The first-order chi connectivity index (χ1) is 21.3. The van der Waals surface area contributed by atoms with E-state index in [0.717, 1.165) is 31.3 Å². The highest BCUT2D eigenvalue weighted by Gasteiger charge is 2.32. The fourth-order valence-electron chi connectivity index (χ4n) is 5.46. The van der Waals surface area contributed by atoms with Crippen LogP contribution in [-0.2, 0) is 19.0 Å². The van der Waals surface area contributed by atoms with E-state index in [1.807, 2.05) is 52.0 Å². The lowest BCUT2D eigenvalue weighted by Crippen LogP contribution is -2.45. The van der Waals surface area contributed by atoms with Gasteiger partial charge >= 0.3 is 5.97 Å². The van der Waals surface area contributed by atoms with Crippen LogP contribution in [0.4, 0.5) is 5.82 Å². The molecule has 1 aromatic heterocycles. The van der Waals surface area contributed by atoms with E-state index in [9.17, 15) is 10.1 Å². The van der Waals surface area contributed by atoms with E-state index in [1.54, 1.807) is 6.92 Å². The maximum Gasteiger partial charge on any atom is 0.335 e. The van der Waals surface area contributed by atoms with Crippen LogP contribution >= 0.6 is 11.6 Å². The van der Waals surface area contributed by atoms with Crippen LogP contribution in [0.25, 0.3) is 5.57 Å². The van der Waals surface area contributed by atoms with Crippen LogP contribution in [0.3, 0.4) is 0 Å². The number of aliphatic imine (C=N–C) groups is 1. The first-order valence-electron chi connectivity index (χ1n) is 15.9. The van der Waals surface area contributed by atoms with E-state index in [1.165, 1.54) is 0 Å². The van der Waals surface area contributed by atoms with Crippen molar-refractivity contribution in [3.8, 4) is 6.07 Å². The van der Waals surface area contributed by atoms with Gasteiger partial charge in [0.2, 0.25) is 0 Å². The molecule has 2 heterocycles. The van der Waals surface area contributed by atoms with Gasteiger partial charge in [0.25, 0.3) is 0 Å². The number of anilines is 1. The Bertz CT molecular complexity index is 1240. The normalized spacial score (nSPS) is 22.3. The smallest absolute Gasteiger partial charge is 0.335 e. The Morgan fingerprint density at radius 3 is 2.51 bits per heavy atom. The average Bonchev–Trinajstić information content (AvgIpc) is 3.01. The fourth-order valence-corrected chi connectivity index (χ4v) is 5.61. The Labute approximate surface area is 274 Å². The SMILES string of the molecule is C=N/C(=C\C(=C(/C)Cl)c1cccc(NCC2(C#N)CCOCC2)n1)N[C@H]1CC[C@H](N[C@@H](C)CO[C@@H](C)C(=O)OC(C)(C)C)CC1. The lowest BCUT2D eigenvalue weighted by atomic mass is 9.82. The van der Waals surface area contributed by atoms with Gasteiger partial charge in [0.05, 0.1) is 23.8 Å². The molecule has 1 saturated heterocycles. The van der Waals surface area contributed by atoms with Crippen LogP contribution in [0, 0.1) is 16.7 Å². The quantitative estimate of drug-likeness (QED) is 0.128. The van der Waals surface area contributed by atoms with Crippen molar-refractivity contribution < 1.29 is 19.0 Å². The minimum atomic E-state index is -0.609. The molecule has 0 bridgehead atoms. The first kappa shape index (κ1) is 36.5. The number of hydrogen-bond acceptors (Lipinski definition) is 10. The summed E-state index contributed by atoms with van der Waals surface area (Å²) < 4.78 is 16.6. The van der Waals surface area contributed by atoms with E-state index in [-0.39, 0.29) is 18.1 Å². The number of nitriles is 1. The summed E-state index contributed by atoms with van der Waals surface area (Å²) in [5.41, 5.74) is 0.469. The van der Waals surface area contributed by atoms with Crippen molar-refractivity contribution in [2.45, 2.75) is 110 Å².